The molecular formula is C16H19N3O3S. The highest BCUT2D eigenvalue weighted by Crippen LogP contribution is 2.20. The van der Waals surface area contributed by atoms with Gasteiger partial charge in [0.25, 0.3) is 5.91 Å². The minimum atomic E-state index is -0.412. The molecule has 0 saturated carbocycles. The van der Waals surface area contributed by atoms with Crippen LogP contribution in [-0.4, -0.2) is 40.8 Å². The lowest BCUT2D eigenvalue weighted by Crippen LogP contribution is -2.46. The van der Waals surface area contributed by atoms with Gasteiger partial charge < -0.3 is 14.6 Å². The van der Waals surface area contributed by atoms with E-state index in [0.29, 0.717) is 25.9 Å². The standard InChI is InChI=1S/C16H19N3O3S/c1-11-18-12(10-23-11)6-7-17-15(20)13-4-2-8-19(13)16(21)14-5-3-9-22-14/h3,5,9-10,13H,2,4,6-8H2,1H3,(H,17,20)/t13-/m1/s1. The zero-order valence-corrected chi connectivity index (χ0v) is 13.8. The molecule has 3 rings (SSSR count). The molecule has 3 heterocycles. The monoisotopic (exact) mass is 333 g/mol. The Labute approximate surface area is 138 Å². The molecule has 6 nitrogen and oxygen atoms in total. The summed E-state index contributed by atoms with van der Waals surface area (Å²) in [6.07, 6.45) is 3.69. The maximum atomic E-state index is 12.4. The van der Waals surface area contributed by atoms with Crippen molar-refractivity contribution < 1.29 is 14.0 Å². The van der Waals surface area contributed by atoms with Gasteiger partial charge >= 0.3 is 0 Å². The van der Waals surface area contributed by atoms with Gasteiger partial charge in [-0.05, 0) is 31.9 Å². The number of aryl methyl sites for hydroxylation is 1. The Balaban J connectivity index is 1.54. The van der Waals surface area contributed by atoms with Crippen LogP contribution in [0.15, 0.2) is 28.2 Å². The van der Waals surface area contributed by atoms with Crippen molar-refractivity contribution >= 4 is 23.2 Å². The molecule has 1 aliphatic heterocycles. The van der Waals surface area contributed by atoms with Crippen molar-refractivity contribution in [3.05, 3.63) is 40.2 Å². The van der Waals surface area contributed by atoms with E-state index in [1.54, 1.807) is 28.4 Å². The number of thiazole rings is 1. The van der Waals surface area contributed by atoms with Crippen LogP contribution in [0.4, 0.5) is 0 Å². The molecule has 0 spiro atoms. The van der Waals surface area contributed by atoms with Crippen LogP contribution in [0.2, 0.25) is 0 Å². The van der Waals surface area contributed by atoms with Gasteiger partial charge in [0.1, 0.15) is 6.04 Å². The number of hydrogen-bond donors (Lipinski definition) is 1. The van der Waals surface area contributed by atoms with Crippen LogP contribution in [-0.2, 0) is 11.2 Å². The lowest BCUT2D eigenvalue weighted by molar-refractivity contribution is -0.124. The molecule has 1 atom stereocenters. The van der Waals surface area contributed by atoms with E-state index < -0.39 is 6.04 Å². The number of nitrogens with one attached hydrogen (secondary N) is 1. The summed E-state index contributed by atoms with van der Waals surface area (Å²) in [6.45, 7) is 3.08. The van der Waals surface area contributed by atoms with Crippen molar-refractivity contribution in [2.75, 3.05) is 13.1 Å². The number of amides is 2. The number of hydrogen-bond acceptors (Lipinski definition) is 5. The van der Waals surface area contributed by atoms with Crippen molar-refractivity contribution in [1.82, 2.24) is 15.2 Å². The summed E-state index contributed by atoms with van der Waals surface area (Å²) >= 11 is 1.60. The summed E-state index contributed by atoms with van der Waals surface area (Å²) in [5, 5.41) is 5.94. The molecular weight excluding hydrogens is 314 g/mol. The average Bonchev–Trinajstić information content (AvgIpc) is 3.28. The second kappa shape index (κ2) is 6.95. The van der Waals surface area contributed by atoms with Gasteiger partial charge in [0.15, 0.2) is 5.76 Å². The third-order valence-electron chi connectivity index (χ3n) is 3.90. The molecule has 2 aromatic heterocycles. The summed E-state index contributed by atoms with van der Waals surface area (Å²) in [5.41, 5.74) is 0.989. The van der Waals surface area contributed by atoms with Crippen molar-refractivity contribution in [3.8, 4) is 0 Å². The van der Waals surface area contributed by atoms with Gasteiger partial charge in [0, 0.05) is 24.9 Å². The van der Waals surface area contributed by atoms with Crippen molar-refractivity contribution in [3.63, 3.8) is 0 Å². The first kappa shape index (κ1) is 15.7. The van der Waals surface area contributed by atoms with E-state index in [0.717, 1.165) is 17.1 Å². The summed E-state index contributed by atoms with van der Waals surface area (Å²) in [7, 11) is 0. The fourth-order valence-electron chi connectivity index (χ4n) is 2.78. The highest BCUT2D eigenvalue weighted by atomic mass is 32.1. The number of carbonyl (C=O) groups is 2. The zero-order chi connectivity index (χ0) is 16.2. The largest absolute Gasteiger partial charge is 0.459 e. The fraction of sp³-hybridized carbons (Fsp3) is 0.438. The van der Waals surface area contributed by atoms with Crippen LogP contribution in [0.1, 0.15) is 34.1 Å². The minimum absolute atomic E-state index is 0.102. The number of furan rings is 1. The molecule has 0 bridgehead atoms. The van der Waals surface area contributed by atoms with E-state index in [1.807, 2.05) is 12.3 Å². The van der Waals surface area contributed by atoms with E-state index >= 15 is 0 Å². The normalized spacial score (nSPS) is 17.4. The summed E-state index contributed by atoms with van der Waals surface area (Å²) in [5.74, 6) is -0.0419. The quantitative estimate of drug-likeness (QED) is 0.908. The van der Waals surface area contributed by atoms with Crippen LogP contribution in [0.3, 0.4) is 0 Å². The van der Waals surface area contributed by atoms with E-state index in [-0.39, 0.29) is 17.6 Å². The number of nitrogens with zero attached hydrogens (tertiary/aromatic N) is 2. The topological polar surface area (TPSA) is 75.4 Å². The Morgan fingerprint density at radius 2 is 2.39 bits per heavy atom. The van der Waals surface area contributed by atoms with Crippen LogP contribution in [0.25, 0.3) is 0 Å². The van der Waals surface area contributed by atoms with E-state index in [9.17, 15) is 9.59 Å². The molecule has 0 radical (unpaired) electrons. The first-order valence-electron chi connectivity index (χ1n) is 7.68. The maximum Gasteiger partial charge on any atom is 0.290 e. The van der Waals surface area contributed by atoms with Gasteiger partial charge in [-0.3, -0.25) is 9.59 Å². The first-order chi connectivity index (χ1) is 11.1. The average molecular weight is 333 g/mol. The highest BCUT2D eigenvalue weighted by molar-refractivity contribution is 7.09. The minimum Gasteiger partial charge on any atom is -0.459 e. The molecule has 1 saturated heterocycles. The van der Waals surface area contributed by atoms with Crippen LogP contribution >= 0.6 is 11.3 Å². The molecule has 2 amide bonds. The van der Waals surface area contributed by atoms with Crippen molar-refractivity contribution in [2.45, 2.75) is 32.2 Å². The first-order valence-corrected chi connectivity index (χ1v) is 8.56. The van der Waals surface area contributed by atoms with Gasteiger partial charge in [-0.15, -0.1) is 11.3 Å². The molecule has 23 heavy (non-hydrogen) atoms. The Hall–Kier alpha value is -2.15. The van der Waals surface area contributed by atoms with Gasteiger partial charge in [-0.1, -0.05) is 0 Å². The van der Waals surface area contributed by atoms with Gasteiger partial charge in [-0.2, -0.15) is 0 Å². The molecule has 2 aromatic rings. The number of aromatic nitrogens is 1. The van der Waals surface area contributed by atoms with Crippen LogP contribution in [0.5, 0.6) is 0 Å². The molecule has 0 unspecified atom stereocenters. The predicted molar refractivity (Wildman–Crippen MR) is 86.3 cm³/mol. The van der Waals surface area contributed by atoms with Crippen LogP contribution < -0.4 is 5.32 Å². The molecule has 1 aliphatic rings. The van der Waals surface area contributed by atoms with E-state index in [4.69, 9.17) is 4.42 Å². The SMILES string of the molecule is Cc1nc(CCNC(=O)[C@H]2CCCN2C(=O)c2ccco2)cs1. The van der Waals surface area contributed by atoms with E-state index in [1.165, 1.54) is 6.26 Å². The lowest BCUT2D eigenvalue weighted by Gasteiger charge is -2.22. The van der Waals surface area contributed by atoms with E-state index in [2.05, 4.69) is 10.3 Å². The second-order valence-corrected chi connectivity index (χ2v) is 6.59. The summed E-state index contributed by atoms with van der Waals surface area (Å²) < 4.78 is 5.15. The Kier molecular flexibility index (Phi) is 4.76. The second-order valence-electron chi connectivity index (χ2n) is 5.53. The smallest absolute Gasteiger partial charge is 0.290 e. The van der Waals surface area contributed by atoms with Gasteiger partial charge in [-0.25, -0.2) is 4.98 Å². The molecule has 122 valence electrons. The summed E-state index contributed by atoms with van der Waals surface area (Å²) in [6, 6.07) is 2.89. The fourth-order valence-corrected chi connectivity index (χ4v) is 3.43. The number of rotatable bonds is 5. The molecule has 7 heteroatoms. The Morgan fingerprint density at radius 3 is 3.09 bits per heavy atom. The molecule has 1 fully saturated rings. The highest BCUT2D eigenvalue weighted by Gasteiger charge is 2.35. The predicted octanol–water partition coefficient (Wildman–Crippen LogP) is 2.01. The molecule has 0 aliphatic carbocycles. The van der Waals surface area contributed by atoms with Crippen molar-refractivity contribution in [1.29, 1.82) is 0 Å². The van der Waals surface area contributed by atoms with Gasteiger partial charge in [0.05, 0.1) is 17.0 Å². The maximum absolute atomic E-state index is 12.4. The zero-order valence-electron chi connectivity index (χ0n) is 12.9. The Morgan fingerprint density at radius 1 is 1.52 bits per heavy atom. The third-order valence-corrected chi connectivity index (χ3v) is 4.72. The molecule has 0 aromatic carbocycles. The number of likely N-dealkylation sites (tertiary alicyclic amines) is 1. The van der Waals surface area contributed by atoms with Crippen LogP contribution in [0, 0.1) is 6.92 Å². The summed E-state index contributed by atoms with van der Waals surface area (Å²) in [4.78, 5) is 30.7. The van der Waals surface area contributed by atoms with Crippen molar-refractivity contribution in [2.24, 2.45) is 0 Å². The third kappa shape index (κ3) is 3.61. The Bertz CT molecular complexity index is 681. The number of carbonyl (C=O) groups excluding carboxylic acids is 2. The lowest BCUT2D eigenvalue weighted by atomic mass is 10.2. The van der Waals surface area contributed by atoms with Gasteiger partial charge in [0.2, 0.25) is 5.91 Å². The molecule has 1 N–H and O–H groups in total.